The zero-order chi connectivity index (χ0) is 15.2. The minimum absolute atomic E-state index is 0. The molecule has 6 unspecified atom stereocenters. The van der Waals surface area contributed by atoms with Crippen LogP contribution in [0.1, 0.15) is 52.4 Å². The minimum atomic E-state index is 0. The van der Waals surface area contributed by atoms with E-state index in [0.29, 0.717) is 11.8 Å². The van der Waals surface area contributed by atoms with Crippen molar-refractivity contribution in [2.75, 3.05) is 7.11 Å². The lowest BCUT2D eigenvalue weighted by molar-refractivity contribution is -0.145. The van der Waals surface area contributed by atoms with Crippen molar-refractivity contribution in [2.24, 2.45) is 28.9 Å². The Bertz CT molecular complexity index is 411. The van der Waals surface area contributed by atoms with E-state index in [1.807, 2.05) is 0 Å². The number of methoxy groups -OCH3 is 1. The van der Waals surface area contributed by atoms with Crippen molar-refractivity contribution in [2.45, 2.75) is 70.6 Å². The van der Waals surface area contributed by atoms with Crippen LogP contribution in [0.4, 0.5) is 0 Å². The summed E-state index contributed by atoms with van der Waals surface area (Å²) in [7, 11) is 1.79. The van der Waals surface area contributed by atoms with E-state index in [9.17, 15) is 4.79 Å². The molecule has 5 heteroatoms. The highest BCUT2D eigenvalue weighted by molar-refractivity contribution is 5.85. The van der Waals surface area contributed by atoms with E-state index in [1.54, 1.807) is 7.11 Å². The third-order valence-corrected chi connectivity index (χ3v) is 6.99. The number of amides is 1. The molecule has 2 bridgehead atoms. The highest BCUT2D eigenvalue weighted by Crippen LogP contribution is 2.50. The van der Waals surface area contributed by atoms with E-state index in [1.165, 1.54) is 12.8 Å². The Morgan fingerprint density at radius 2 is 1.86 bits per heavy atom. The van der Waals surface area contributed by atoms with Crippen molar-refractivity contribution in [3.8, 4) is 0 Å². The Labute approximate surface area is 140 Å². The van der Waals surface area contributed by atoms with E-state index in [0.717, 1.165) is 25.7 Å². The van der Waals surface area contributed by atoms with Gasteiger partial charge in [0.2, 0.25) is 5.91 Å². The van der Waals surface area contributed by atoms with Gasteiger partial charge < -0.3 is 15.8 Å². The van der Waals surface area contributed by atoms with Crippen LogP contribution in [0.2, 0.25) is 0 Å². The second-order valence-corrected chi connectivity index (χ2v) is 7.40. The molecule has 3 fully saturated rings. The molecular formula is C17H31ClN2O2. The summed E-state index contributed by atoms with van der Waals surface area (Å²) in [5.41, 5.74) is 6.42. The third kappa shape index (κ3) is 2.47. The molecule has 3 N–H and O–H groups in total. The molecule has 3 rings (SSSR count). The number of nitrogens with two attached hydrogens (primary N) is 1. The average Bonchev–Trinajstić information content (AvgIpc) is 3.05. The summed E-state index contributed by atoms with van der Waals surface area (Å²) in [6, 6.07) is 0.343. The number of hydrogen-bond acceptors (Lipinski definition) is 3. The quantitative estimate of drug-likeness (QED) is 0.814. The van der Waals surface area contributed by atoms with Gasteiger partial charge in [-0.3, -0.25) is 4.79 Å². The zero-order valence-corrected chi connectivity index (χ0v) is 14.8. The van der Waals surface area contributed by atoms with Gasteiger partial charge in [-0.1, -0.05) is 13.8 Å². The summed E-state index contributed by atoms with van der Waals surface area (Å²) in [6.07, 6.45) is 6.90. The summed E-state index contributed by atoms with van der Waals surface area (Å²) in [5, 5.41) is 3.33. The molecule has 0 spiro atoms. The molecule has 3 aliphatic carbocycles. The number of carbonyl (C=O) groups excluding carboxylic acids is 1. The Hall–Kier alpha value is -0.320. The first-order valence-electron chi connectivity index (χ1n) is 8.66. The maximum atomic E-state index is 12.7. The number of nitrogens with one attached hydrogen (secondary N) is 1. The zero-order valence-electron chi connectivity index (χ0n) is 14.0. The Morgan fingerprint density at radius 1 is 1.23 bits per heavy atom. The van der Waals surface area contributed by atoms with Gasteiger partial charge in [0.25, 0.3) is 0 Å². The van der Waals surface area contributed by atoms with E-state index in [4.69, 9.17) is 10.5 Å². The molecule has 0 saturated heterocycles. The molecule has 0 heterocycles. The molecule has 0 aromatic heterocycles. The first kappa shape index (κ1) is 18.0. The summed E-state index contributed by atoms with van der Waals surface area (Å²) in [4.78, 5) is 12.7. The van der Waals surface area contributed by atoms with Gasteiger partial charge in [-0.2, -0.15) is 0 Å². The first-order chi connectivity index (χ1) is 10.1. The van der Waals surface area contributed by atoms with Crippen LogP contribution in [0.25, 0.3) is 0 Å². The maximum absolute atomic E-state index is 12.7. The van der Waals surface area contributed by atoms with E-state index in [-0.39, 0.29) is 47.8 Å². The number of carbonyl (C=O) groups is 1. The topological polar surface area (TPSA) is 64.4 Å². The molecule has 0 radical (unpaired) electrons. The predicted octanol–water partition coefficient (Wildman–Crippen LogP) is 2.49. The first-order valence-corrected chi connectivity index (χ1v) is 8.66. The van der Waals surface area contributed by atoms with Crippen LogP contribution in [0, 0.1) is 23.2 Å². The highest BCUT2D eigenvalue weighted by atomic mass is 35.5. The van der Waals surface area contributed by atoms with Crippen molar-refractivity contribution in [3.05, 3.63) is 0 Å². The van der Waals surface area contributed by atoms with Crippen LogP contribution in [-0.2, 0) is 9.53 Å². The van der Waals surface area contributed by atoms with Gasteiger partial charge in [0.05, 0.1) is 12.0 Å². The molecule has 128 valence electrons. The second kappa shape index (κ2) is 6.66. The second-order valence-electron chi connectivity index (χ2n) is 7.40. The van der Waals surface area contributed by atoms with Crippen LogP contribution in [0.15, 0.2) is 0 Å². The monoisotopic (exact) mass is 330 g/mol. The third-order valence-electron chi connectivity index (χ3n) is 6.99. The average molecular weight is 331 g/mol. The minimum Gasteiger partial charge on any atom is -0.381 e. The molecule has 3 aliphatic rings. The van der Waals surface area contributed by atoms with Crippen molar-refractivity contribution in [3.63, 3.8) is 0 Å². The molecule has 4 nitrogen and oxygen atoms in total. The summed E-state index contributed by atoms with van der Waals surface area (Å²) in [6.45, 7) is 4.41. The predicted molar refractivity (Wildman–Crippen MR) is 89.9 cm³/mol. The largest absolute Gasteiger partial charge is 0.381 e. The van der Waals surface area contributed by atoms with Crippen LogP contribution in [-0.4, -0.2) is 31.2 Å². The molecule has 22 heavy (non-hydrogen) atoms. The summed E-state index contributed by atoms with van der Waals surface area (Å²) >= 11 is 0. The van der Waals surface area contributed by atoms with Gasteiger partial charge in [0, 0.05) is 24.6 Å². The van der Waals surface area contributed by atoms with Gasteiger partial charge in [-0.25, -0.2) is 0 Å². The van der Waals surface area contributed by atoms with E-state index in [2.05, 4.69) is 19.2 Å². The number of rotatable bonds is 5. The molecule has 0 aliphatic heterocycles. The van der Waals surface area contributed by atoms with Crippen molar-refractivity contribution in [1.29, 1.82) is 0 Å². The fourth-order valence-electron chi connectivity index (χ4n) is 5.47. The van der Waals surface area contributed by atoms with Gasteiger partial charge in [0.1, 0.15) is 0 Å². The normalized spacial score (nSPS) is 41.6. The SMILES string of the molecule is CCC1(CC)C(NC(=O)C2C3CCC(C3)C2N)CC1OC.Cl. The summed E-state index contributed by atoms with van der Waals surface area (Å²) < 4.78 is 5.62. The standard InChI is InChI=1S/C17H30N2O2.ClH/c1-4-17(5-2)12(9-13(17)21-3)19-16(20)14-10-6-7-11(8-10)15(14)18;/h10-15H,4-9,18H2,1-3H3,(H,19,20);1H. The Balaban J connectivity index is 0.00000176. The Kier molecular flexibility index (Phi) is 5.46. The number of hydrogen-bond donors (Lipinski definition) is 2. The van der Waals surface area contributed by atoms with E-state index < -0.39 is 0 Å². The van der Waals surface area contributed by atoms with E-state index >= 15 is 0 Å². The van der Waals surface area contributed by atoms with Crippen LogP contribution >= 0.6 is 12.4 Å². The lowest BCUT2D eigenvalue weighted by Gasteiger charge is -2.55. The lowest BCUT2D eigenvalue weighted by atomic mass is 9.58. The summed E-state index contributed by atoms with van der Waals surface area (Å²) in [5.74, 6) is 1.37. The van der Waals surface area contributed by atoms with Gasteiger partial charge >= 0.3 is 0 Å². The van der Waals surface area contributed by atoms with Crippen LogP contribution < -0.4 is 11.1 Å². The smallest absolute Gasteiger partial charge is 0.225 e. The Morgan fingerprint density at radius 3 is 2.36 bits per heavy atom. The fraction of sp³-hybridized carbons (Fsp3) is 0.941. The molecule has 6 atom stereocenters. The molecule has 1 amide bonds. The molecule has 3 saturated carbocycles. The maximum Gasteiger partial charge on any atom is 0.225 e. The van der Waals surface area contributed by atoms with Gasteiger partial charge in [-0.05, 0) is 50.4 Å². The van der Waals surface area contributed by atoms with Crippen molar-refractivity contribution >= 4 is 18.3 Å². The fourth-order valence-corrected chi connectivity index (χ4v) is 5.47. The van der Waals surface area contributed by atoms with Crippen molar-refractivity contribution < 1.29 is 9.53 Å². The van der Waals surface area contributed by atoms with Crippen molar-refractivity contribution in [1.82, 2.24) is 5.32 Å². The number of ether oxygens (including phenoxy) is 1. The lowest BCUT2D eigenvalue weighted by Crippen LogP contribution is -2.65. The number of fused-ring (bicyclic) bond motifs is 2. The molecule has 0 aromatic rings. The highest BCUT2D eigenvalue weighted by Gasteiger charge is 2.55. The molecule has 0 aromatic carbocycles. The van der Waals surface area contributed by atoms with Gasteiger partial charge in [0.15, 0.2) is 0 Å². The molecular weight excluding hydrogens is 300 g/mol. The van der Waals surface area contributed by atoms with Crippen LogP contribution in [0.3, 0.4) is 0 Å². The van der Waals surface area contributed by atoms with Gasteiger partial charge in [-0.15, -0.1) is 12.4 Å². The van der Waals surface area contributed by atoms with Crippen LogP contribution in [0.5, 0.6) is 0 Å². The number of halogens is 1.